The number of piperidine rings is 1. The van der Waals surface area contributed by atoms with Crippen LogP contribution in [0.15, 0.2) is 33.9 Å². The standard InChI is InChI=1S/C15H16FN3O4S/c16-12-7-3-2-6-11(12)14-17-18-15(23-14)24(21,22)10-13(20)19-8-4-1-5-9-19/h2-3,6-7H,1,4-5,8-10H2. The molecule has 1 fully saturated rings. The summed E-state index contributed by atoms with van der Waals surface area (Å²) in [6.45, 7) is 1.11. The second-order valence-electron chi connectivity index (χ2n) is 5.55. The minimum Gasteiger partial charge on any atom is -0.408 e. The molecule has 3 rings (SSSR count). The summed E-state index contributed by atoms with van der Waals surface area (Å²) < 4.78 is 43.3. The number of likely N-dealkylation sites (tertiary alicyclic amines) is 1. The molecule has 1 aromatic carbocycles. The number of halogens is 1. The molecule has 0 spiro atoms. The van der Waals surface area contributed by atoms with Gasteiger partial charge in [-0.1, -0.05) is 17.2 Å². The van der Waals surface area contributed by atoms with Crippen molar-refractivity contribution < 1.29 is 22.0 Å². The Kier molecular flexibility index (Phi) is 4.61. The molecule has 2 aromatic rings. The van der Waals surface area contributed by atoms with E-state index in [1.165, 1.54) is 23.1 Å². The summed E-state index contributed by atoms with van der Waals surface area (Å²) in [5, 5.41) is 6.36. The zero-order valence-electron chi connectivity index (χ0n) is 12.8. The van der Waals surface area contributed by atoms with E-state index in [9.17, 15) is 17.6 Å². The van der Waals surface area contributed by atoms with Gasteiger partial charge < -0.3 is 9.32 Å². The van der Waals surface area contributed by atoms with Gasteiger partial charge in [-0.15, -0.1) is 5.10 Å². The fraction of sp³-hybridized carbons (Fsp3) is 0.400. The molecule has 9 heteroatoms. The van der Waals surface area contributed by atoms with E-state index in [1.54, 1.807) is 6.07 Å². The molecule has 2 heterocycles. The molecule has 1 amide bonds. The van der Waals surface area contributed by atoms with Crippen LogP contribution in [0.1, 0.15) is 19.3 Å². The Labute approximate surface area is 138 Å². The number of carbonyl (C=O) groups excluding carboxylic acids is 1. The van der Waals surface area contributed by atoms with E-state index in [2.05, 4.69) is 10.2 Å². The SMILES string of the molecule is O=C(CS(=O)(=O)c1nnc(-c2ccccc2F)o1)N1CCCCC1. The van der Waals surface area contributed by atoms with Crippen molar-refractivity contribution in [2.45, 2.75) is 24.5 Å². The Morgan fingerprint density at radius 2 is 1.88 bits per heavy atom. The van der Waals surface area contributed by atoms with Crippen molar-refractivity contribution >= 4 is 15.7 Å². The molecule has 128 valence electrons. The van der Waals surface area contributed by atoms with Gasteiger partial charge >= 0.3 is 5.22 Å². The molecule has 1 aromatic heterocycles. The maximum atomic E-state index is 13.7. The zero-order valence-corrected chi connectivity index (χ0v) is 13.6. The van der Waals surface area contributed by atoms with Crippen molar-refractivity contribution in [3.05, 3.63) is 30.1 Å². The van der Waals surface area contributed by atoms with Crippen molar-refractivity contribution in [3.63, 3.8) is 0 Å². The van der Waals surface area contributed by atoms with Gasteiger partial charge in [-0.25, -0.2) is 12.8 Å². The number of amides is 1. The van der Waals surface area contributed by atoms with Crippen LogP contribution < -0.4 is 0 Å². The number of aromatic nitrogens is 2. The van der Waals surface area contributed by atoms with E-state index >= 15 is 0 Å². The quantitative estimate of drug-likeness (QED) is 0.830. The lowest BCUT2D eigenvalue weighted by Gasteiger charge is -2.26. The Morgan fingerprint density at radius 3 is 2.58 bits per heavy atom. The van der Waals surface area contributed by atoms with E-state index in [0.717, 1.165) is 19.3 Å². The molecular formula is C15H16FN3O4S. The van der Waals surface area contributed by atoms with Crippen LogP contribution in [-0.2, 0) is 14.6 Å². The third-order valence-electron chi connectivity index (χ3n) is 3.80. The largest absolute Gasteiger partial charge is 0.408 e. The molecule has 0 atom stereocenters. The molecule has 24 heavy (non-hydrogen) atoms. The third kappa shape index (κ3) is 3.45. The smallest absolute Gasteiger partial charge is 0.336 e. The first-order valence-corrected chi connectivity index (χ1v) is 9.21. The van der Waals surface area contributed by atoms with Crippen LogP contribution in [0.2, 0.25) is 0 Å². The van der Waals surface area contributed by atoms with Crippen LogP contribution in [-0.4, -0.2) is 48.3 Å². The monoisotopic (exact) mass is 353 g/mol. The highest BCUT2D eigenvalue weighted by atomic mass is 32.2. The van der Waals surface area contributed by atoms with Crippen molar-refractivity contribution in [3.8, 4) is 11.5 Å². The molecule has 1 saturated heterocycles. The van der Waals surface area contributed by atoms with Crippen molar-refractivity contribution in [2.24, 2.45) is 0 Å². The lowest BCUT2D eigenvalue weighted by molar-refractivity contribution is -0.129. The lowest BCUT2D eigenvalue weighted by atomic mass is 10.1. The second kappa shape index (κ2) is 6.68. The first-order valence-electron chi connectivity index (χ1n) is 7.56. The van der Waals surface area contributed by atoms with E-state index in [-0.39, 0.29) is 11.5 Å². The molecule has 7 nitrogen and oxygen atoms in total. The summed E-state index contributed by atoms with van der Waals surface area (Å²) in [6.07, 6.45) is 2.76. The number of hydrogen-bond donors (Lipinski definition) is 0. The minimum absolute atomic E-state index is 0.00815. The first kappa shape index (κ1) is 16.6. The highest BCUT2D eigenvalue weighted by Crippen LogP contribution is 2.23. The summed E-state index contributed by atoms with van der Waals surface area (Å²) in [6, 6.07) is 5.66. The topological polar surface area (TPSA) is 93.4 Å². The number of nitrogens with zero attached hydrogens (tertiary/aromatic N) is 3. The predicted octanol–water partition coefficient (Wildman–Crippen LogP) is 1.66. The predicted molar refractivity (Wildman–Crippen MR) is 82.2 cm³/mol. The molecule has 1 aliphatic heterocycles. The lowest BCUT2D eigenvalue weighted by Crippen LogP contribution is -2.39. The van der Waals surface area contributed by atoms with Gasteiger partial charge in [0.15, 0.2) is 0 Å². The van der Waals surface area contributed by atoms with Gasteiger partial charge in [-0.05, 0) is 31.4 Å². The van der Waals surface area contributed by atoms with Gasteiger partial charge in [-0.2, -0.15) is 0 Å². The molecule has 1 aliphatic rings. The zero-order chi connectivity index (χ0) is 17.2. The van der Waals surface area contributed by atoms with Gasteiger partial charge in [-0.3, -0.25) is 4.79 Å². The maximum absolute atomic E-state index is 13.7. The van der Waals surface area contributed by atoms with Crippen LogP contribution in [0.3, 0.4) is 0 Å². The minimum atomic E-state index is -4.06. The average molecular weight is 353 g/mol. The Bertz CT molecular complexity index is 844. The molecular weight excluding hydrogens is 337 g/mol. The van der Waals surface area contributed by atoms with Crippen molar-refractivity contribution in [1.82, 2.24) is 15.1 Å². The Balaban J connectivity index is 1.78. The summed E-state index contributed by atoms with van der Waals surface area (Å²) in [5.74, 6) is -2.06. The van der Waals surface area contributed by atoms with E-state index in [0.29, 0.717) is 13.1 Å². The van der Waals surface area contributed by atoms with Crippen LogP contribution >= 0.6 is 0 Å². The summed E-state index contributed by atoms with van der Waals surface area (Å²) in [5.41, 5.74) is 0.00815. The third-order valence-corrected chi connectivity index (χ3v) is 5.12. The number of benzene rings is 1. The highest BCUT2D eigenvalue weighted by molar-refractivity contribution is 7.91. The molecule has 0 aliphatic carbocycles. The fourth-order valence-electron chi connectivity index (χ4n) is 2.54. The molecule has 0 saturated carbocycles. The van der Waals surface area contributed by atoms with Gasteiger partial charge in [0.25, 0.3) is 5.89 Å². The normalized spacial score (nSPS) is 15.5. The second-order valence-corrected chi connectivity index (χ2v) is 7.42. The molecule has 0 N–H and O–H groups in total. The molecule has 0 radical (unpaired) electrons. The van der Waals surface area contributed by atoms with Gasteiger partial charge in [0.1, 0.15) is 11.6 Å². The Hall–Kier alpha value is -2.29. The van der Waals surface area contributed by atoms with Gasteiger partial charge in [0, 0.05) is 13.1 Å². The van der Waals surface area contributed by atoms with E-state index in [1.807, 2.05) is 0 Å². The molecule has 0 unspecified atom stereocenters. The summed E-state index contributed by atoms with van der Waals surface area (Å²) in [4.78, 5) is 13.6. The van der Waals surface area contributed by atoms with Gasteiger partial charge in [0.2, 0.25) is 15.7 Å². The number of hydrogen-bond acceptors (Lipinski definition) is 6. The molecule has 0 bridgehead atoms. The highest BCUT2D eigenvalue weighted by Gasteiger charge is 2.29. The van der Waals surface area contributed by atoms with Crippen LogP contribution in [0.4, 0.5) is 4.39 Å². The summed E-state index contributed by atoms with van der Waals surface area (Å²) in [7, 11) is -4.06. The number of carbonyl (C=O) groups is 1. The van der Waals surface area contributed by atoms with Crippen LogP contribution in [0.5, 0.6) is 0 Å². The fourth-order valence-corrected chi connectivity index (χ4v) is 3.54. The van der Waals surface area contributed by atoms with Crippen LogP contribution in [0, 0.1) is 5.82 Å². The van der Waals surface area contributed by atoms with E-state index in [4.69, 9.17) is 4.42 Å². The Morgan fingerprint density at radius 1 is 1.17 bits per heavy atom. The van der Waals surface area contributed by atoms with Crippen molar-refractivity contribution in [2.75, 3.05) is 18.8 Å². The van der Waals surface area contributed by atoms with Crippen molar-refractivity contribution in [1.29, 1.82) is 0 Å². The summed E-state index contributed by atoms with van der Waals surface area (Å²) >= 11 is 0. The van der Waals surface area contributed by atoms with Gasteiger partial charge in [0.05, 0.1) is 5.56 Å². The number of rotatable bonds is 4. The first-order chi connectivity index (χ1) is 11.5. The number of sulfone groups is 1. The average Bonchev–Trinajstić information content (AvgIpc) is 3.06. The van der Waals surface area contributed by atoms with Crippen LogP contribution in [0.25, 0.3) is 11.5 Å². The maximum Gasteiger partial charge on any atom is 0.336 e. The van der Waals surface area contributed by atoms with E-state index < -0.39 is 32.5 Å².